The molecule has 6 heteroatoms. The van der Waals surface area contributed by atoms with Crippen LogP contribution in [0.1, 0.15) is 0 Å². The number of anilines is 1. The molecule has 5 nitrogen and oxygen atoms in total. The molecule has 0 unspecified atom stereocenters. The summed E-state index contributed by atoms with van der Waals surface area (Å²) in [7, 11) is 0. The summed E-state index contributed by atoms with van der Waals surface area (Å²) in [6, 6.07) is 20.9. The summed E-state index contributed by atoms with van der Waals surface area (Å²) < 4.78 is 0. The zero-order chi connectivity index (χ0) is 16.8. The number of rotatable bonds is 4. The van der Waals surface area contributed by atoms with E-state index in [9.17, 15) is 0 Å². The molecule has 0 radical (unpaired) electrons. The van der Waals surface area contributed by atoms with Gasteiger partial charge in [-0.3, -0.25) is 5.43 Å². The first-order chi connectivity index (χ1) is 11.8. The van der Waals surface area contributed by atoms with E-state index in [1.165, 1.54) is 0 Å². The van der Waals surface area contributed by atoms with Gasteiger partial charge in [-0.25, -0.2) is 4.98 Å². The van der Waals surface area contributed by atoms with Crippen LogP contribution >= 0.6 is 11.3 Å². The number of benzene rings is 2. The molecule has 0 bridgehead atoms. The molecule has 0 aliphatic rings. The van der Waals surface area contributed by atoms with Gasteiger partial charge in [0.25, 0.3) is 0 Å². The fourth-order valence-electron chi connectivity index (χ4n) is 2.06. The molecule has 1 heterocycles. The Hall–Kier alpha value is -3.48. The largest absolute Gasteiger partial charge is 0.276 e. The standard InChI is InChI=1S/C18H11N5S/c19-10-16(11-20)23-22-15-8-4-7-14(9-15)17-12-24-18(21-17)13-5-2-1-3-6-13/h1-9,12,22H. The average molecular weight is 329 g/mol. The smallest absolute Gasteiger partial charge is 0.237 e. The molecule has 0 saturated heterocycles. The Balaban J connectivity index is 1.85. The van der Waals surface area contributed by atoms with Gasteiger partial charge in [0, 0.05) is 16.5 Å². The highest BCUT2D eigenvalue weighted by Gasteiger charge is 2.07. The molecule has 0 fully saturated rings. The summed E-state index contributed by atoms with van der Waals surface area (Å²) >= 11 is 1.58. The monoisotopic (exact) mass is 329 g/mol. The summed E-state index contributed by atoms with van der Waals surface area (Å²) in [5, 5.41) is 24.1. The molecular formula is C18H11N5S. The van der Waals surface area contributed by atoms with Gasteiger partial charge >= 0.3 is 0 Å². The third-order valence-corrected chi connectivity index (χ3v) is 4.08. The second-order valence-electron chi connectivity index (χ2n) is 4.78. The molecule has 114 valence electrons. The van der Waals surface area contributed by atoms with Crippen molar-refractivity contribution in [3.63, 3.8) is 0 Å². The molecule has 0 saturated carbocycles. The average Bonchev–Trinajstić information content (AvgIpc) is 3.14. The Morgan fingerprint density at radius 2 is 1.75 bits per heavy atom. The van der Waals surface area contributed by atoms with E-state index in [0.717, 1.165) is 21.8 Å². The Morgan fingerprint density at radius 3 is 2.50 bits per heavy atom. The van der Waals surface area contributed by atoms with Crippen molar-refractivity contribution in [3.8, 4) is 34.0 Å². The van der Waals surface area contributed by atoms with E-state index in [2.05, 4.69) is 15.5 Å². The summed E-state index contributed by atoms with van der Waals surface area (Å²) in [6.07, 6.45) is 0. The van der Waals surface area contributed by atoms with Gasteiger partial charge in [-0.05, 0) is 12.1 Å². The van der Waals surface area contributed by atoms with Crippen molar-refractivity contribution >= 4 is 22.7 Å². The van der Waals surface area contributed by atoms with Gasteiger partial charge in [-0.15, -0.1) is 11.3 Å². The molecule has 0 aliphatic heterocycles. The topological polar surface area (TPSA) is 84.9 Å². The van der Waals surface area contributed by atoms with Gasteiger partial charge in [0.2, 0.25) is 5.71 Å². The van der Waals surface area contributed by atoms with E-state index >= 15 is 0 Å². The van der Waals surface area contributed by atoms with Crippen molar-refractivity contribution in [1.29, 1.82) is 10.5 Å². The van der Waals surface area contributed by atoms with E-state index in [1.807, 2.05) is 60.0 Å². The molecule has 24 heavy (non-hydrogen) atoms. The third kappa shape index (κ3) is 3.46. The van der Waals surface area contributed by atoms with Gasteiger partial charge in [0.05, 0.1) is 11.4 Å². The first-order valence-corrected chi connectivity index (χ1v) is 7.93. The molecule has 0 spiro atoms. The normalized spacial score (nSPS) is 9.58. The van der Waals surface area contributed by atoms with Crippen molar-refractivity contribution < 1.29 is 0 Å². The summed E-state index contributed by atoms with van der Waals surface area (Å²) in [5.74, 6) is 0. The van der Waals surface area contributed by atoms with Gasteiger partial charge in [0.15, 0.2) is 0 Å². The molecule has 0 aliphatic carbocycles. The highest BCUT2D eigenvalue weighted by atomic mass is 32.1. The molecule has 0 atom stereocenters. The van der Waals surface area contributed by atoms with Gasteiger partial charge in [-0.1, -0.05) is 42.5 Å². The van der Waals surface area contributed by atoms with Crippen molar-refractivity contribution in [2.75, 3.05) is 5.43 Å². The maximum Gasteiger partial charge on any atom is 0.237 e. The maximum absolute atomic E-state index is 8.70. The Morgan fingerprint density at radius 1 is 1.00 bits per heavy atom. The quantitative estimate of drug-likeness (QED) is 0.571. The van der Waals surface area contributed by atoms with Crippen LogP contribution in [0, 0.1) is 22.7 Å². The minimum absolute atomic E-state index is 0.222. The predicted octanol–water partition coefficient (Wildman–Crippen LogP) is 4.29. The first kappa shape index (κ1) is 15.4. The summed E-state index contributed by atoms with van der Waals surface area (Å²) in [5.41, 5.74) is 6.06. The fourth-order valence-corrected chi connectivity index (χ4v) is 2.90. The van der Waals surface area contributed by atoms with Crippen LogP contribution in [-0.2, 0) is 0 Å². The van der Waals surface area contributed by atoms with Crippen molar-refractivity contribution in [2.45, 2.75) is 0 Å². The lowest BCUT2D eigenvalue weighted by molar-refractivity contribution is 1.33. The number of aromatic nitrogens is 1. The van der Waals surface area contributed by atoms with Crippen LogP contribution in [0.4, 0.5) is 5.69 Å². The number of thiazole rings is 1. The number of nitrogens with one attached hydrogen (secondary N) is 1. The molecule has 1 N–H and O–H groups in total. The van der Waals surface area contributed by atoms with E-state index in [0.29, 0.717) is 5.69 Å². The van der Waals surface area contributed by atoms with Gasteiger partial charge in [-0.2, -0.15) is 15.6 Å². The molecule has 3 rings (SSSR count). The zero-order valence-corrected chi connectivity index (χ0v) is 13.3. The third-order valence-electron chi connectivity index (χ3n) is 3.19. The van der Waals surface area contributed by atoms with Crippen LogP contribution in [0.25, 0.3) is 21.8 Å². The van der Waals surface area contributed by atoms with E-state index in [1.54, 1.807) is 23.5 Å². The second-order valence-corrected chi connectivity index (χ2v) is 5.64. The molecule has 1 aromatic heterocycles. The van der Waals surface area contributed by atoms with Crippen LogP contribution in [0.3, 0.4) is 0 Å². The second kappa shape index (κ2) is 7.19. The number of nitrogens with zero attached hydrogens (tertiary/aromatic N) is 4. The fraction of sp³-hybridized carbons (Fsp3) is 0. The lowest BCUT2D eigenvalue weighted by atomic mass is 10.1. The van der Waals surface area contributed by atoms with Crippen molar-refractivity contribution in [3.05, 3.63) is 60.0 Å². The van der Waals surface area contributed by atoms with E-state index in [-0.39, 0.29) is 5.71 Å². The lowest BCUT2D eigenvalue weighted by Gasteiger charge is -2.02. The van der Waals surface area contributed by atoms with Crippen LogP contribution in [0.2, 0.25) is 0 Å². The van der Waals surface area contributed by atoms with E-state index in [4.69, 9.17) is 10.5 Å². The number of hydrogen-bond donors (Lipinski definition) is 1. The lowest BCUT2D eigenvalue weighted by Crippen LogP contribution is -1.96. The molecule has 0 amide bonds. The highest BCUT2D eigenvalue weighted by Crippen LogP contribution is 2.29. The van der Waals surface area contributed by atoms with E-state index < -0.39 is 0 Å². The first-order valence-electron chi connectivity index (χ1n) is 7.05. The Labute approximate surface area is 143 Å². The van der Waals surface area contributed by atoms with Crippen LogP contribution in [0.15, 0.2) is 65.1 Å². The van der Waals surface area contributed by atoms with Gasteiger partial charge in [0.1, 0.15) is 17.1 Å². The van der Waals surface area contributed by atoms with Crippen LogP contribution in [-0.4, -0.2) is 10.7 Å². The molecule has 2 aromatic carbocycles. The van der Waals surface area contributed by atoms with Crippen LogP contribution < -0.4 is 5.43 Å². The summed E-state index contributed by atoms with van der Waals surface area (Å²) in [4.78, 5) is 4.67. The van der Waals surface area contributed by atoms with Crippen molar-refractivity contribution in [2.24, 2.45) is 5.10 Å². The SMILES string of the molecule is N#CC(C#N)=NNc1cccc(-c2csc(-c3ccccc3)n2)c1. The van der Waals surface area contributed by atoms with Crippen LogP contribution in [0.5, 0.6) is 0 Å². The minimum atomic E-state index is -0.222. The number of hydrogen-bond acceptors (Lipinski definition) is 6. The Kier molecular flexibility index (Phi) is 4.62. The number of nitriles is 2. The van der Waals surface area contributed by atoms with Gasteiger partial charge < -0.3 is 0 Å². The minimum Gasteiger partial charge on any atom is -0.276 e. The zero-order valence-electron chi connectivity index (χ0n) is 12.5. The molecular weight excluding hydrogens is 318 g/mol. The van der Waals surface area contributed by atoms with Crippen molar-refractivity contribution in [1.82, 2.24) is 4.98 Å². The number of hydrazone groups is 1. The summed E-state index contributed by atoms with van der Waals surface area (Å²) in [6.45, 7) is 0. The maximum atomic E-state index is 8.70. The predicted molar refractivity (Wildman–Crippen MR) is 95.3 cm³/mol. The Bertz CT molecular complexity index is 945. The molecule has 3 aromatic rings. The highest BCUT2D eigenvalue weighted by molar-refractivity contribution is 7.13.